The van der Waals surface area contributed by atoms with Gasteiger partial charge in [0.25, 0.3) is 0 Å². The van der Waals surface area contributed by atoms with E-state index in [1.807, 2.05) is 0 Å². The zero-order valence-corrected chi connectivity index (χ0v) is 11.5. The van der Waals surface area contributed by atoms with E-state index in [0.717, 1.165) is 0 Å². The maximum absolute atomic E-state index is 12.2. The third-order valence-electron chi connectivity index (χ3n) is 1.81. The van der Waals surface area contributed by atoms with Crippen LogP contribution in [0.3, 0.4) is 0 Å². The van der Waals surface area contributed by atoms with Gasteiger partial charge in [-0.2, -0.15) is 0 Å². The van der Waals surface area contributed by atoms with Gasteiger partial charge in [-0.05, 0) is 28.1 Å². The summed E-state index contributed by atoms with van der Waals surface area (Å²) in [5, 5.41) is 0.379. The highest BCUT2D eigenvalue weighted by molar-refractivity contribution is 9.10. The molecule has 0 atom stereocenters. The van der Waals surface area contributed by atoms with E-state index in [-0.39, 0.29) is 16.5 Å². The molecular formula is C10H7Br2F3O2. The lowest BCUT2D eigenvalue weighted by Crippen LogP contribution is -2.19. The molecule has 0 N–H and O–H groups in total. The Hall–Kier alpha value is -0.560. The number of alkyl halides is 4. The van der Waals surface area contributed by atoms with E-state index in [1.54, 1.807) is 0 Å². The fourth-order valence-corrected chi connectivity index (χ4v) is 1.98. The lowest BCUT2D eigenvalue weighted by Gasteiger charge is -2.13. The summed E-state index contributed by atoms with van der Waals surface area (Å²) in [6.07, 6.45) is -4.72. The Morgan fingerprint density at radius 3 is 2.53 bits per heavy atom. The molecule has 0 saturated heterocycles. The Morgan fingerprint density at radius 2 is 2.00 bits per heavy atom. The van der Waals surface area contributed by atoms with Crippen molar-refractivity contribution in [3.8, 4) is 5.75 Å². The van der Waals surface area contributed by atoms with Crippen LogP contribution in [0.4, 0.5) is 13.2 Å². The van der Waals surface area contributed by atoms with Crippen molar-refractivity contribution in [1.29, 1.82) is 0 Å². The fraction of sp³-hybridized carbons (Fsp3) is 0.300. The van der Waals surface area contributed by atoms with Crippen LogP contribution in [-0.2, 0) is 0 Å². The summed E-state index contributed by atoms with van der Waals surface area (Å²) < 4.78 is 40.5. The van der Waals surface area contributed by atoms with Crippen LogP contribution >= 0.6 is 31.9 Å². The molecule has 2 nitrogen and oxygen atoms in total. The summed E-state index contributed by atoms with van der Waals surface area (Å²) in [6.45, 7) is 0. The number of ketones is 1. The predicted molar refractivity (Wildman–Crippen MR) is 63.6 cm³/mol. The van der Waals surface area contributed by atoms with E-state index in [0.29, 0.717) is 5.33 Å². The Kier molecular flexibility index (Phi) is 5.00. The number of para-hydroxylation sites is 1. The quantitative estimate of drug-likeness (QED) is 0.578. The number of ether oxygens (including phenoxy) is 1. The van der Waals surface area contributed by atoms with E-state index in [2.05, 4.69) is 36.6 Å². The van der Waals surface area contributed by atoms with Crippen molar-refractivity contribution < 1.29 is 22.7 Å². The molecule has 0 aliphatic rings. The monoisotopic (exact) mass is 374 g/mol. The number of hydrogen-bond donors (Lipinski definition) is 0. The van der Waals surface area contributed by atoms with E-state index in [9.17, 15) is 18.0 Å². The number of Topliss-reactive ketones (excluding diaryl/α,β-unsaturated/α-hetero) is 1. The zero-order valence-electron chi connectivity index (χ0n) is 8.35. The Labute approximate surface area is 112 Å². The highest BCUT2D eigenvalue weighted by Gasteiger charge is 2.33. The average molecular weight is 376 g/mol. The molecule has 0 aromatic heterocycles. The molecule has 0 aliphatic carbocycles. The van der Waals surface area contributed by atoms with Gasteiger partial charge in [-0.3, -0.25) is 4.79 Å². The molecule has 0 radical (unpaired) electrons. The predicted octanol–water partition coefficient (Wildman–Crippen LogP) is 4.32. The molecule has 0 bridgehead atoms. The van der Waals surface area contributed by atoms with Gasteiger partial charge in [0.2, 0.25) is 0 Å². The topological polar surface area (TPSA) is 26.3 Å². The summed E-state index contributed by atoms with van der Waals surface area (Å²) in [7, 11) is 0. The van der Waals surface area contributed by atoms with Gasteiger partial charge < -0.3 is 4.74 Å². The number of carbonyl (C=O) groups excluding carboxylic acids is 1. The van der Waals surface area contributed by atoms with Crippen molar-refractivity contribution in [2.75, 3.05) is 5.33 Å². The van der Waals surface area contributed by atoms with Crippen LogP contribution in [0.1, 0.15) is 16.8 Å². The first-order valence-electron chi connectivity index (χ1n) is 4.48. The van der Waals surface area contributed by atoms with Crippen LogP contribution in [0, 0.1) is 0 Å². The van der Waals surface area contributed by atoms with Crippen molar-refractivity contribution in [1.82, 2.24) is 0 Å². The van der Waals surface area contributed by atoms with Gasteiger partial charge in [-0.25, -0.2) is 0 Å². The van der Waals surface area contributed by atoms with Crippen LogP contribution in [0.25, 0.3) is 0 Å². The third kappa shape index (κ3) is 4.31. The molecule has 1 rings (SSSR count). The number of halogens is 5. The molecule has 94 valence electrons. The summed E-state index contributed by atoms with van der Waals surface area (Å²) in [4.78, 5) is 11.6. The lowest BCUT2D eigenvalue weighted by atomic mass is 10.1. The van der Waals surface area contributed by atoms with Crippen LogP contribution in [0.5, 0.6) is 5.75 Å². The van der Waals surface area contributed by atoms with E-state index in [4.69, 9.17) is 0 Å². The molecule has 0 aliphatic heterocycles. The second-order valence-corrected chi connectivity index (χ2v) is 4.67. The van der Waals surface area contributed by atoms with Crippen LogP contribution < -0.4 is 4.74 Å². The zero-order chi connectivity index (χ0) is 13.1. The molecule has 0 heterocycles. The molecule has 0 saturated carbocycles. The molecule has 0 amide bonds. The second kappa shape index (κ2) is 5.86. The number of hydrogen-bond acceptors (Lipinski definition) is 2. The van der Waals surface area contributed by atoms with Gasteiger partial charge in [0.15, 0.2) is 11.5 Å². The Morgan fingerprint density at radius 1 is 1.35 bits per heavy atom. The van der Waals surface area contributed by atoms with Gasteiger partial charge in [-0.15, -0.1) is 13.2 Å². The SMILES string of the molecule is O=C(CCBr)c1cccc(Br)c1OC(F)(F)F. The third-order valence-corrected chi connectivity index (χ3v) is 2.83. The summed E-state index contributed by atoms with van der Waals surface area (Å²) >= 11 is 5.99. The van der Waals surface area contributed by atoms with Crippen LogP contribution in [0.15, 0.2) is 22.7 Å². The minimum atomic E-state index is -4.83. The fourth-order valence-electron chi connectivity index (χ4n) is 1.17. The number of rotatable bonds is 4. The highest BCUT2D eigenvalue weighted by Crippen LogP contribution is 2.34. The largest absolute Gasteiger partial charge is 0.573 e. The van der Waals surface area contributed by atoms with Gasteiger partial charge >= 0.3 is 6.36 Å². The summed E-state index contributed by atoms with van der Waals surface area (Å²) in [5.41, 5.74) is -0.0869. The normalized spacial score (nSPS) is 11.4. The van der Waals surface area contributed by atoms with Gasteiger partial charge in [0.05, 0.1) is 10.0 Å². The molecule has 1 aromatic carbocycles. The van der Waals surface area contributed by atoms with E-state index >= 15 is 0 Å². The molecule has 0 unspecified atom stereocenters. The smallest absolute Gasteiger partial charge is 0.404 e. The molecule has 17 heavy (non-hydrogen) atoms. The van der Waals surface area contributed by atoms with Gasteiger partial charge in [-0.1, -0.05) is 22.0 Å². The molecule has 1 aromatic rings. The number of benzene rings is 1. The second-order valence-electron chi connectivity index (χ2n) is 3.03. The first-order chi connectivity index (χ1) is 7.85. The maximum atomic E-state index is 12.2. The van der Waals surface area contributed by atoms with Crippen molar-refractivity contribution in [2.24, 2.45) is 0 Å². The first-order valence-corrected chi connectivity index (χ1v) is 6.40. The Bertz CT molecular complexity index is 419. The Balaban J connectivity index is 3.13. The van der Waals surface area contributed by atoms with Crippen LogP contribution in [0.2, 0.25) is 0 Å². The minimum Gasteiger partial charge on any atom is -0.404 e. The van der Waals surface area contributed by atoms with Gasteiger partial charge in [0, 0.05) is 11.8 Å². The first kappa shape index (κ1) is 14.5. The molecule has 0 fully saturated rings. The number of carbonyl (C=O) groups is 1. The van der Waals surface area contributed by atoms with Crippen molar-refractivity contribution in [3.63, 3.8) is 0 Å². The highest BCUT2D eigenvalue weighted by atomic mass is 79.9. The van der Waals surface area contributed by atoms with Crippen molar-refractivity contribution >= 4 is 37.6 Å². The van der Waals surface area contributed by atoms with E-state index in [1.165, 1.54) is 18.2 Å². The average Bonchev–Trinajstić information content (AvgIpc) is 2.19. The molecule has 0 spiro atoms. The summed E-state index contributed by atoms with van der Waals surface area (Å²) in [6, 6.07) is 4.16. The summed E-state index contributed by atoms with van der Waals surface area (Å²) in [5.74, 6) is -0.909. The maximum Gasteiger partial charge on any atom is 0.573 e. The molecular weight excluding hydrogens is 369 g/mol. The standard InChI is InChI=1S/C10H7Br2F3O2/c11-5-4-8(16)6-2-1-3-7(12)9(6)17-10(13,14)15/h1-3H,4-5H2. The van der Waals surface area contributed by atoms with Crippen LogP contribution in [-0.4, -0.2) is 17.5 Å². The van der Waals surface area contributed by atoms with Crippen molar-refractivity contribution in [3.05, 3.63) is 28.2 Å². The van der Waals surface area contributed by atoms with Gasteiger partial charge in [0.1, 0.15) is 0 Å². The van der Waals surface area contributed by atoms with Crippen molar-refractivity contribution in [2.45, 2.75) is 12.8 Å². The molecule has 7 heteroatoms. The lowest BCUT2D eigenvalue weighted by molar-refractivity contribution is -0.275. The minimum absolute atomic E-state index is 0.0869. The van der Waals surface area contributed by atoms with E-state index < -0.39 is 17.9 Å².